The predicted octanol–water partition coefficient (Wildman–Crippen LogP) is 4.15. The Morgan fingerprint density at radius 2 is 1.83 bits per heavy atom. The van der Waals surface area contributed by atoms with E-state index in [2.05, 4.69) is 23.1 Å². The van der Waals surface area contributed by atoms with E-state index in [9.17, 15) is 4.79 Å². The Morgan fingerprint density at radius 3 is 2.62 bits per heavy atom. The Bertz CT molecular complexity index is 1050. The maximum atomic E-state index is 13.0. The fraction of sp³-hybridized carbons (Fsp3) is 0.391. The highest BCUT2D eigenvalue weighted by Crippen LogP contribution is 2.34. The minimum absolute atomic E-state index is 0.156. The topological polar surface area (TPSA) is 45.7 Å². The first-order valence-electron chi connectivity index (χ1n) is 10.3. The third-order valence-electron chi connectivity index (χ3n) is 6.02. The second-order valence-electron chi connectivity index (χ2n) is 7.77. The Hall–Kier alpha value is -2.60. The van der Waals surface area contributed by atoms with Crippen LogP contribution >= 0.6 is 11.3 Å². The number of hydrogen-bond acceptors (Lipinski definition) is 5. The van der Waals surface area contributed by atoms with Gasteiger partial charge in [0.1, 0.15) is 11.3 Å². The molecule has 1 saturated heterocycles. The number of rotatable bonds is 3. The molecule has 29 heavy (non-hydrogen) atoms. The molecule has 1 amide bonds. The van der Waals surface area contributed by atoms with E-state index in [1.807, 2.05) is 23.1 Å². The van der Waals surface area contributed by atoms with Crippen molar-refractivity contribution < 1.29 is 9.53 Å². The van der Waals surface area contributed by atoms with Crippen molar-refractivity contribution in [2.24, 2.45) is 0 Å². The molecule has 5 rings (SSSR count). The van der Waals surface area contributed by atoms with Gasteiger partial charge in [0.2, 0.25) is 0 Å². The van der Waals surface area contributed by atoms with Crippen LogP contribution in [0.1, 0.15) is 34.3 Å². The van der Waals surface area contributed by atoms with Gasteiger partial charge in [-0.1, -0.05) is 23.5 Å². The molecule has 2 aromatic carbocycles. The summed E-state index contributed by atoms with van der Waals surface area (Å²) in [5.74, 6) is 0.968. The molecule has 1 aliphatic heterocycles. The van der Waals surface area contributed by atoms with Gasteiger partial charge in [-0.3, -0.25) is 4.79 Å². The Balaban J connectivity index is 1.28. The number of piperazine rings is 1. The van der Waals surface area contributed by atoms with Crippen molar-refractivity contribution in [2.45, 2.75) is 25.7 Å². The number of nitrogens with zero attached hydrogens (tertiary/aromatic N) is 3. The lowest BCUT2D eigenvalue weighted by molar-refractivity contribution is 0.0746. The van der Waals surface area contributed by atoms with Crippen LogP contribution in [0.25, 0.3) is 10.2 Å². The van der Waals surface area contributed by atoms with Crippen molar-refractivity contribution in [2.75, 3.05) is 38.2 Å². The van der Waals surface area contributed by atoms with Gasteiger partial charge < -0.3 is 14.5 Å². The molecule has 0 bridgehead atoms. The number of fused-ring (bicyclic) bond motifs is 2. The molecule has 0 saturated carbocycles. The third kappa shape index (κ3) is 3.46. The van der Waals surface area contributed by atoms with Gasteiger partial charge in [-0.25, -0.2) is 4.98 Å². The van der Waals surface area contributed by atoms with Crippen LogP contribution in [0.4, 0.5) is 5.13 Å². The molecular weight excluding hydrogens is 382 g/mol. The van der Waals surface area contributed by atoms with E-state index in [0.29, 0.717) is 0 Å². The summed E-state index contributed by atoms with van der Waals surface area (Å²) >= 11 is 1.69. The standard InChI is InChI=1S/C23H25N3O2S/c1-28-19-7-4-8-20-21(19)24-23(29-20)26-13-11-25(12-14-26)22(27)18-10-9-16-5-2-3-6-17(16)15-18/h4,7-10,15H,2-3,5-6,11-14H2,1H3. The number of hydrogen-bond donors (Lipinski definition) is 0. The maximum Gasteiger partial charge on any atom is 0.253 e. The van der Waals surface area contributed by atoms with Crippen LogP contribution in [0.5, 0.6) is 5.75 Å². The lowest BCUT2D eigenvalue weighted by atomic mass is 9.90. The summed E-state index contributed by atoms with van der Waals surface area (Å²) in [7, 11) is 1.68. The Labute approximate surface area is 174 Å². The predicted molar refractivity (Wildman–Crippen MR) is 117 cm³/mol. The third-order valence-corrected chi connectivity index (χ3v) is 7.10. The number of thiazole rings is 1. The number of methoxy groups -OCH3 is 1. The molecule has 2 aliphatic rings. The smallest absolute Gasteiger partial charge is 0.253 e. The molecule has 5 nitrogen and oxygen atoms in total. The fourth-order valence-corrected chi connectivity index (χ4v) is 5.40. The normalized spacial score (nSPS) is 16.7. The molecule has 6 heteroatoms. The van der Waals surface area contributed by atoms with E-state index < -0.39 is 0 Å². The number of aromatic nitrogens is 1. The number of ether oxygens (including phenoxy) is 1. The zero-order chi connectivity index (χ0) is 19.8. The molecule has 1 aromatic heterocycles. The van der Waals surface area contributed by atoms with Crippen LogP contribution in [-0.2, 0) is 12.8 Å². The maximum absolute atomic E-state index is 13.0. The minimum Gasteiger partial charge on any atom is -0.494 e. The largest absolute Gasteiger partial charge is 0.494 e. The van der Waals surface area contributed by atoms with Gasteiger partial charge in [0.15, 0.2) is 5.13 Å². The number of amides is 1. The molecule has 0 spiro atoms. The number of carbonyl (C=O) groups is 1. The summed E-state index contributed by atoms with van der Waals surface area (Å²) in [6.45, 7) is 3.06. The first kappa shape index (κ1) is 18.4. The summed E-state index contributed by atoms with van der Waals surface area (Å²) in [6.07, 6.45) is 4.75. The molecule has 0 unspecified atom stereocenters. The van der Waals surface area contributed by atoms with Gasteiger partial charge >= 0.3 is 0 Å². The molecule has 0 N–H and O–H groups in total. The van der Waals surface area contributed by atoms with Crippen LogP contribution in [0, 0.1) is 0 Å². The highest BCUT2D eigenvalue weighted by molar-refractivity contribution is 7.22. The zero-order valence-corrected chi connectivity index (χ0v) is 17.5. The Morgan fingerprint density at radius 1 is 1.03 bits per heavy atom. The van der Waals surface area contributed by atoms with Crippen molar-refractivity contribution >= 4 is 32.6 Å². The van der Waals surface area contributed by atoms with E-state index >= 15 is 0 Å². The molecule has 3 aromatic rings. The minimum atomic E-state index is 0.156. The van der Waals surface area contributed by atoms with Crippen LogP contribution in [0.3, 0.4) is 0 Å². The molecule has 150 valence electrons. The number of carbonyl (C=O) groups excluding carboxylic acids is 1. The first-order chi connectivity index (χ1) is 14.2. The van der Waals surface area contributed by atoms with Gasteiger partial charge in [0.05, 0.1) is 11.8 Å². The van der Waals surface area contributed by atoms with Gasteiger partial charge in [-0.2, -0.15) is 0 Å². The summed E-state index contributed by atoms with van der Waals surface area (Å²) in [4.78, 5) is 22.1. The first-order valence-corrected chi connectivity index (χ1v) is 11.1. The van der Waals surface area contributed by atoms with E-state index in [1.165, 1.54) is 24.0 Å². The average molecular weight is 408 g/mol. The molecule has 2 heterocycles. The lowest BCUT2D eigenvalue weighted by Crippen LogP contribution is -2.48. The molecule has 1 aliphatic carbocycles. The molecule has 1 fully saturated rings. The summed E-state index contributed by atoms with van der Waals surface area (Å²) in [5.41, 5.74) is 4.54. The molecule has 0 atom stereocenters. The van der Waals surface area contributed by atoms with Crippen molar-refractivity contribution in [3.05, 3.63) is 53.1 Å². The van der Waals surface area contributed by atoms with E-state index in [0.717, 1.165) is 65.7 Å². The van der Waals surface area contributed by atoms with Gasteiger partial charge in [0, 0.05) is 31.7 Å². The second-order valence-corrected chi connectivity index (χ2v) is 8.78. The van der Waals surface area contributed by atoms with E-state index in [-0.39, 0.29) is 5.91 Å². The second kappa shape index (κ2) is 7.67. The van der Waals surface area contributed by atoms with Crippen LogP contribution in [0.2, 0.25) is 0 Å². The molecular formula is C23H25N3O2S. The lowest BCUT2D eigenvalue weighted by Gasteiger charge is -2.34. The highest BCUT2D eigenvalue weighted by Gasteiger charge is 2.25. The van der Waals surface area contributed by atoms with Crippen molar-refractivity contribution in [1.82, 2.24) is 9.88 Å². The SMILES string of the molecule is COc1cccc2sc(N3CCN(C(=O)c4ccc5c(c4)CCCC5)CC3)nc12. The van der Waals surface area contributed by atoms with E-state index in [4.69, 9.17) is 9.72 Å². The van der Waals surface area contributed by atoms with Crippen molar-refractivity contribution in [3.63, 3.8) is 0 Å². The number of benzene rings is 2. The number of anilines is 1. The van der Waals surface area contributed by atoms with Crippen LogP contribution < -0.4 is 9.64 Å². The van der Waals surface area contributed by atoms with Gasteiger partial charge in [-0.05, 0) is 61.1 Å². The van der Waals surface area contributed by atoms with E-state index in [1.54, 1.807) is 18.4 Å². The van der Waals surface area contributed by atoms with Crippen LogP contribution in [-0.4, -0.2) is 49.1 Å². The number of aryl methyl sites for hydroxylation is 2. The summed E-state index contributed by atoms with van der Waals surface area (Å²) in [5, 5.41) is 1.00. The zero-order valence-electron chi connectivity index (χ0n) is 16.7. The number of para-hydroxylation sites is 1. The monoisotopic (exact) mass is 407 g/mol. The van der Waals surface area contributed by atoms with Gasteiger partial charge in [-0.15, -0.1) is 0 Å². The quantitative estimate of drug-likeness (QED) is 0.654. The highest BCUT2D eigenvalue weighted by atomic mass is 32.1. The summed E-state index contributed by atoms with van der Waals surface area (Å²) < 4.78 is 6.57. The van der Waals surface area contributed by atoms with Gasteiger partial charge in [0.25, 0.3) is 5.91 Å². The molecule has 0 radical (unpaired) electrons. The van der Waals surface area contributed by atoms with Crippen LogP contribution in [0.15, 0.2) is 36.4 Å². The van der Waals surface area contributed by atoms with Crippen molar-refractivity contribution in [3.8, 4) is 5.75 Å². The van der Waals surface area contributed by atoms with Crippen molar-refractivity contribution in [1.29, 1.82) is 0 Å². The fourth-order valence-electron chi connectivity index (χ4n) is 4.36. The summed E-state index contributed by atoms with van der Waals surface area (Å²) in [6, 6.07) is 12.3. The average Bonchev–Trinajstić information content (AvgIpc) is 3.23. The Kier molecular flexibility index (Phi) is 4.87.